The Morgan fingerprint density at radius 1 is 1.19 bits per heavy atom. The molecule has 0 spiro atoms. The molecule has 0 aliphatic carbocycles. The third-order valence-electron chi connectivity index (χ3n) is 3.19. The molecular weight excluding hydrogens is 288 g/mol. The first-order chi connectivity index (χ1) is 9.92. The van der Waals surface area contributed by atoms with E-state index in [1.54, 1.807) is 6.07 Å². The first kappa shape index (κ1) is 15.6. The van der Waals surface area contributed by atoms with Crippen molar-refractivity contribution in [2.24, 2.45) is 0 Å². The Kier molecular flexibility index (Phi) is 4.69. The van der Waals surface area contributed by atoms with Crippen LogP contribution in [-0.4, -0.2) is 15.5 Å². The number of nitrogens with one attached hydrogen (secondary N) is 2. The first-order valence-corrected chi connectivity index (χ1v) is 8.27. The zero-order chi connectivity index (χ0) is 15.5. The summed E-state index contributed by atoms with van der Waals surface area (Å²) in [5.41, 5.74) is 2.23. The highest BCUT2D eigenvalue weighted by atomic mass is 32.2. The highest BCUT2D eigenvalue weighted by molar-refractivity contribution is 7.89. The van der Waals surface area contributed by atoms with Crippen molar-refractivity contribution in [1.82, 2.24) is 4.72 Å². The molecule has 114 valence electrons. The molecule has 0 saturated heterocycles. The van der Waals surface area contributed by atoms with Crippen molar-refractivity contribution >= 4 is 15.7 Å². The van der Waals surface area contributed by atoms with Gasteiger partial charge in [0.15, 0.2) is 0 Å². The van der Waals surface area contributed by atoms with E-state index in [4.69, 9.17) is 4.42 Å². The third kappa shape index (κ3) is 3.86. The van der Waals surface area contributed by atoms with Gasteiger partial charge in [0.05, 0.1) is 6.54 Å². The van der Waals surface area contributed by atoms with Crippen molar-refractivity contribution in [3.05, 3.63) is 47.7 Å². The van der Waals surface area contributed by atoms with Crippen molar-refractivity contribution in [2.75, 3.05) is 12.4 Å². The lowest BCUT2D eigenvalue weighted by Gasteiger charge is -2.09. The standard InChI is InChI=1S/C15H20N2O3S/c1-11(2)12-5-4-6-13(9-12)17-10-14-7-8-15(20-14)21(18,19)16-3/h4-9,11,16-17H,10H2,1-3H3. The van der Waals surface area contributed by atoms with Crippen LogP contribution in [0.4, 0.5) is 5.69 Å². The lowest BCUT2D eigenvalue weighted by Crippen LogP contribution is -2.17. The molecule has 6 heteroatoms. The Morgan fingerprint density at radius 2 is 1.95 bits per heavy atom. The van der Waals surface area contributed by atoms with Crippen LogP contribution in [0.3, 0.4) is 0 Å². The molecular formula is C15H20N2O3S. The molecule has 21 heavy (non-hydrogen) atoms. The topological polar surface area (TPSA) is 71.3 Å². The van der Waals surface area contributed by atoms with E-state index in [2.05, 4.69) is 36.0 Å². The van der Waals surface area contributed by atoms with Crippen LogP contribution in [0, 0.1) is 0 Å². The van der Waals surface area contributed by atoms with Crippen LogP contribution >= 0.6 is 0 Å². The second-order valence-electron chi connectivity index (χ2n) is 5.06. The van der Waals surface area contributed by atoms with Gasteiger partial charge in [-0.2, -0.15) is 0 Å². The average molecular weight is 308 g/mol. The van der Waals surface area contributed by atoms with Gasteiger partial charge in [0.1, 0.15) is 5.76 Å². The largest absolute Gasteiger partial charge is 0.446 e. The molecule has 0 fully saturated rings. The minimum absolute atomic E-state index is 0.0715. The van der Waals surface area contributed by atoms with Gasteiger partial charge in [-0.3, -0.25) is 0 Å². The molecule has 2 N–H and O–H groups in total. The van der Waals surface area contributed by atoms with E-state index in [1.165, 1.54) is 18.7 Å². The Bertz CT molecular complexity index is 705. The lowest BCUT2D eigenvalue weighted by atomic mass is 10.0. The van der Waals surface area contributed by atoms with Gasteiger partial charge in [0, 0.05) is 5.69 Å². The lowest BCUT2D eigenvalue weighted by molar-refractivity contribution is 0.417. The summed E-state index contributed by atoms with van der Waals surface area (Å²) in [4.78, 5) is 0. The van der Waals surface area contributed by atoms with E-state index >= 15 is 0 Å². The molecule has 2 rings (SSSR count). The highest BCUT2D eigenvalue weighted by Crippen LogP contribution is 2.20. The Morgan fingerprint density at radius 3 is 2.62 bits per heavy atom. The fourth-order valence-electron chi connectivity index (χ4n) is 1.90. The predicted molar refractivity (Wildman–Crippen MR) is 82.8 cm³/mol. The van der Waals surface area contributed by atoms with E-state index in [0.29, 0.717) is 18.2 Å². The number of sulfonamides is 1. The van der Waals surface area contributed by atoms with Crippen molar-refractivity contribution in [2.45, 2.75) is 31.4 Å². The predicted octanol–water partition coefficient (Wildman–Crippen LogP) is 2.92. The molecule has 0 aliphatic heterocycles. The average Bonchev–Trinajstić information content (AvgIpc) is 2.95. The molecule has 0 bridgehead atoms. The molecule has 0 aliphatic rings. The molecule has 5 nitrogen and oxygen atoms in total. The fraction of sp³-hybridized carbons (Fsp3) is 0.333. The highest BCUT2D eigenvalue weighted by Gasteiger charge is 2.16. The van der Waals surface area contributed by atoms with Gasteiger partial charge in [-0.05, 0) is 42.8 Å². The van der Waals surface area contributed by atoms with Gasteiger partial charge in [0.25, 0.3) is 10.0 Å². The van der Waals surface area contributed by atoms with Gasteiger partial charge in [-0.15, -0.1) is 0 Å². The zero-order valence-corrected chi connectivity index (χ0v) is 13.2. The van der Waals surface area contributed by atoms with Crippen LogP contribution in [0.5, 0.6) is 0 Å². The fourth-order valence-corrected chi connectivity index (χ4v) is 2.56. The van der Waals surface area contributed by atoms with Gasteiger partial charge in [-0.25, -0.2) is 13.1 Å². The quantitative estimate of drug-likeness (QED) is 0.860. The summed E-state index contributed by atoms with van der Waals surface area (Å²) in [5.74, 6) is 1.03. The number of rotatable bonds is 6. The van der Waals surface area contributed by atoms with E-state index in [-0.39, 0.29) is 5.09 Å². The Hall–Kier alpha value is -1.79. The van der Waals surface area contributed by atoms with Crippen molar-refractivity contribution in [3.63, 3.8) is 0 Å². The van der Waals surface area contributed by atoms with Crippen LogP contribution in [0.15, 0.2) is 45.9 Å². The Balaban J connectivity index is 2.05. The SMILES string of the molecule is CNS(=O)(=O)c1ccc(CNc2cccc(C(C)C)c2)o1. The van der Waals surface area contributed by atoms with Crippen LogP contribution in [0.1, 0.15) is 31.1 Å². The zero-order valence-electron chi connectivity index (χ0n) is 12.4. The normalized spacial score (nSPS) is 11.8. The third-order valence-corrected chi connectivity index (χ3v) is 4.48. The smallest absolute Gasteiger partial charge is 0.273 e. The Labute approximate surface area is 125 Å². The summed E-state index contributed by atoms with van der Waals surface area (Å²) >= 11 is 0. The molecule has 0 saturated carbocycles. The van der Waals surface area contributed by atoms with E-state index in [0.717, 1.165) is 5.69 Å². The summed E-state index contributed by atoms with van der Waals surface area (Å²) in [5, 5.41) is 3.16. The number of benzene rings is 1. The molecule has 1 aromatic heterocycles. The van der Waals surface area contributed by atoms with Crippen molar-refractivity contribution in [3.8, 4) is 0 Å². The first-order valence-electron chi connectivity index (χ1n) is 6.78. The molecule has 2 aromatic rings. The van der Waals surface area contributed by atoms with E-state index < -0.39 is 10.0 Å². The molecule has 0 atom stereocenters. The summed E-state index contributed by atoms with van der Waals surface area (Å²) in [6.07, 6.45) is 0. The van der Waals surface area contributed by atoms with Crippen LogP contribution < -0.4 is 10.0 Å². The molecule has 1 aromatic carbocycles. The molecule has 0 radical (unpaired) electrons. The maximum Gasteiger partial charge on any atom is 0.273 e. The maximum atomic E-state index is 11.6. The molecule has 1 heterocycles. The van der Waals surface area contributed by atoms with E-state index in [1.807, 2.05) is 12.1 Å². The summed E-state index contributed by atoms with van der Waals surface area (Å²) in [6, 6.07) is 11.2. The second kappa shape index (κ2) is 6.32. The van der Waals surface area contributed by atoms with E-state index in [9.17, 15) is 8.42 Å². The summed E-state index contributed by atoms with van der Waals surface area (Å²) in [7, 11) is -2.17. The minimum Gasteiger partial charge on any atom is -0.446 e. The van der Waals surface area contributed by atoms with Gasteiger partial charge >= 0.3 is 0 Å². The van der Waals surface area contributed by atoms with Crippen LogP contribution in [0.2, 0.25) is 0 Å². The summed E-state index contributed by atoms with van der Waals surface area (Å²) in [6.45, 7) is 4.71. The monoisotopic (exact) mass is 308 g/mol. The number of anilines is 1. The number of furan rings is 1. The van der Waals surface area contributed by atoms with Gasteiger partial charge in [-0.1, -0.05) is 26.0 Å². The molecule has 0 unspecified atom stereocenters. The van der Waals surface area contributed by atoms with Gasteiger partial charge in [0.2, 0.25) is 5.09 Å². The summed E-state index contributed by atoms with van der Waals surface area (Å²) < 4.78 is 30.7. The van der Waals surface area contributed by atoms with Gasteiger partial charge < -0.3 is 9.73 Å². The number of hydrogen-bond acceptors (Lipinski definition) is 4. The minimum atomic E-state index is -3.52. The van der Waals surface area contributed by atoms with Crippen LogP contribution in [-0.2, 0) is 16.6 Å². The molecule has 0 amide bonds. The maximum absolute atomic E-state index is 11.6. The number of hydrogen-bond donors (Lipinski definition) is 2. The van der Waals surface area contributed by atoms with Crippen LogP contribution in [0.25, 0.3) is 0 Å². The van der Waals surface area contributed by atoms with Crippen molar-refractivity contribution in [1.29, 1.82) is 0 Å². The van der Waals surface area contributed by atoms with Crippen molar-refractivity contribution < 1.29 is 12.8 Å². The second-order valence-corrected chi connectivity index (χ2v) is 6.88.